The zero-order valence-corrected chi connectivity index (χ0v) is 13.1. The molecule has 0 fully saturated rings. The minimum atomic E-state index is -1.69. The lowest BCUT2D eigenvalue weighted by Gasteiger charge is -2.30. The fourth-order valence-corrected chi connectivity index (χ4v) is 2.78. The van der Waals surface area contributed by atoms with Crippen LogP contribution in [0.3, 0.4) is 0 Å². The Kier molecular flexibility index (Phi) is 4.23. The van der Waals surface area contributed by atoms with Crippen LogP contribution in [-0.2, 0) is 5.60 Å². The highest BCUT2D eigenvalue weighted by molar-refractivity contribution is 5.49. The molecule has 0 bridgehead atoms. The van der Waals surface area contributed by atoms with Gasteiger partial charge in [-0.15, -0.1) is 0 Å². The van der Waals surface area contributed by atoms with Gasteiger partial charge in [-0.05, 0) is 35.4 Å². The van der Waals surface area contributed by atoms with E-state index >= 15 is 0 Å². The average molecular weight is 324 g/mol. The summed E-state index contributed by atoms with van der Waals surface area (Å²) >= 11 is 0. The van der Waals surface area contributed by atoms with Crippen molar-refractivity contribution in [3.8, 4) is 11.5 Å². The number of phenolic OH excluding ortho intramolecular Hbond substituents is 1. The Bertz CT molecular complexity index is 831. The van der Waals surface area contributed by atoms with Gasteiger partial charge in [0.2, 0.25) is 0 Å². The van der Waals surface area contributed by atoms with Crippen molar-refractivity contribution in [3.63, 3.8) is 0 Å². The van der Waals surface area contributed by atoms with Gasteiger partial charge in [-0.3, -0.25) is 0 Å². The third-order valence-electron chi connectivity index (χ3n) is 4.04. The predicted molar refractivity (Wildman–Crippen MR) is 89.6 cm³/mol. The zero-order chi connectivity index (χ0) is 17.2. The first-order valence-corrected chi connectivity index (χ1v) is 7.47. The molecule has 122 valence electrons. The van der Waals surface area contributed by atoms with Crippen LogP contribution in [-0.4, -0.2) is 17.3 Å². The molecule has 2 N–H and O–H groups in total. The third-order valence-corrected chi connectivity index (χ3v) is 4.04. The molecule has 0 aliphatic heterocycles. The van der Waals surface area contributed by atoms with Crippen molar-refractivity contribution in [1.82, 2.24) is 0 Å². The molecule has 3 aromatic rings. The predicted octanol–water partition coefficient (Wildman–Crippen LogP) is 3.82. The van der Waals surface area contributed by atoms with Crippen LogP contribution < -0.4 is 4.74 Å². The first-order chi connectivity index (χ1) is 11.6. The van der Waals surface area contributed by atoms with Gasteiger partial charge in [-0.2, -0.15) is 0 Å². The number of phenols is 1. The fourth-order valence-electron chi connectivity index (χ4n) is 2.78. The van der Waals surface area contributed by atoms with Gasteiger partial charge in [-0.1, -0.05) is 42.5 Å². The van der Waals surface area contributed by atoms with Crippen LogP contribution in [0.15, 0.2) is 72.8 Å². The van der Waals surface area contributed by atoms with Gasteiger partial charge in [-0.25, -0.2) is 4.39 Å². The Morgan fingerprint density at radius 3 is 2.08 bits per heavy atom. The Morgan fingerprint density at radius 1 is 0.875 bits per heavy atom. The van der Waals surface area contributed by atoms with Gasteiger partial charge in [0.1, 0.15) is 22.9 Å². The van der Waals surface area contributed by atoms with Crippen LogP contribution in [0.5, 0.6) is 11.5 Å². The van der Waals surface area contributed by atoms with E-state index in [-0.39, 0.29) is 11.3 Å². The molecular formula is C20H17FO3. The maximum absolute atomic E-state index is 14.7. The van der Waals surface area contributed by atoms with E-state index in [1.807, 2.05) is 6.07 Å². The largest absolute Gasteiger partial charge is 0.508 e. The van der Waals surface area contributed by atoms with E-state index in [0.717, 1.165) is 0 Å². The summed E-state index contributed by atoms with van der Waals surface area (Å²) in [6.45, 7) is 0. The maximum Gasteiger partial charge on any atom is 0.143 e. The van der Waals surface area contributed by atoms with Crippen LogP contribution in [0, 0.1) is 5.82 Å². The van der Waals surface area contributed by atoms with E-state index < -0.39 is 11.4 Å². The van der Waals surface area contributed by atoms with Crippen LogP contribution in [0.25, 0.3) is 0 Å². The molecule has 1 atom stereocenters. The molecule has 3 rings (SSSR count). The van der Waals surface area contributed by atoms with Crippen molar-refractivity contribution in [1.29, 1.82) is 0 Å². The summed E-state index contributed by atoms with van der Waals surface area (Å²) in [6.07, 6.45) is 0. The van der Waals surface area contributed by atoms with Gasteiger partial charge in [0.15, 0.2) is 0 Å². The van der Waals surface area contributed by atoms with E-state index in [4.69, 9.17) is 4.74 Å². The van der Waals surface area contributed by atoms with Crippen LogP contribution >= 0.6 is 0 Å². The van der Waals surface area contributed by atoms with Gasteiger partial charge < -0.3 is 14.9 Å². The summed E-state index contributed by atoms with van der Waals surface area (Å²) in [5, 5.41) is 21.0. The van der Waals surface area contributed by atoms with Gasteiger partial charge >= 0.3 is 0 Å². The molecule has 0 amide bonds. The zero-order valence-electron chi connectivity index (χ0n) is 13.1. The Morgan fingerprint density at radius 2 is 1.50 bits per heavy atom. The molecule has 1 unspecified atom stereocenters. The van der Waals surface area contributed by atoms with E-state index in [1.165, 1.54) is 31.4 Å². The Labute approximate surface area is 139 Å². The smallest absolute Gasteiger partial charge is 0.143 e. The molecule has 0 aromatic heterocycles. The standard InChI is InChI=1S/C20H17FO3/c1-24-17-11-12-18(19(21)13-17)20(23,14-5-3-2-4-6-14)15-7-9-16(22)10-8-15/h2-13,22-23H,1H3. The summed E-state index contributed by atoms with van der Waals surface area (Å²) in [6, 6.07) is 19.3. The van der Waals surface area contributed by atoms with E-state index in [1.54, 1.807) is 42.5 Å². The molecule has 0 saturated carbocycles. The first-order valence-electron chi connectivity index (χ1n) is 7.47. The number of hydrogen-bond acceptors (Lipinski definition) is 3. The number of halogens is 1. The summed E-state index contributed by atoms with van der Waals surface area (Å²) in [5.74, 6) is -0.129. The minimum absolute atomic E-state index is 0.0735. The van der Waals surface area contributed by atoms with Crippen molar-refractivity contribution in [2.75, 3.05) is 7.11 Å². The molecule has 0 aliphatic rings. The lowest BCUT2D eigenvalue weighted by atomic mass is 9.80. The summed E-state index contributed by atoms with van der Waals surface area (Å²) in [4.78, 5) is 0. The van der Waals surface area contributed by atoms with Gasteiger partial charge in [0.05, 0.1) is 7.11 Å². The summed E-state index contributed by atoms with van der Waals surface area (Å²) < 4.78 is 19.7. The highest BCUT2D eigenvalue weighted by atomic mass is 19.1. The monoisotopic (exact) mass is 324 g/mol. The molecule has 24 heavy (non-hydrogen) atoms. The van der Waals surface area contributed by atoms with Crippen molar-refractivity contribution in [2.45, 2.75) is 5.60 Å². The SMILES string of the molecule is COc1ccc(C(O)(c2ccccc2)c2ccc(O)cc2)c(F)c1. The normalized spacial score (nSPS) is 13.3. The molecular weight excluding hydrogens is 307 g/mol. The second-order valence-corrected chi connectivity index (χ2v) is 5.47. The number of methoxy groups -OCH3 is 1. The van der Waals surface area contributed by atoms with Crippen LogP contribution in [0.4, 0.5) is 4.39 Å². The number of ether oxygens (including phenoxy) is 1. The van der Waals surface area contributed by atoms with Crippen molar-refractivity contribution in [3.05, 3.63) is 95.3 Å². The quantitative estimate of drug-likeness (QED) is 0.717. The second-order valence-electron chi connectivity index (χ2n) is 5.47. The average Bonchev–Trinajstić information content (AvgIpc) is 2.62. The minimum Gasteiger partial charge on any atom is -0.508 e. The number of aliphatic hydroxyl groups is 1. The highest BCUT2D eigenvalue weighted by Gasteiger charge is 2.36. The number of hydrogen-bond donors (Lipinski definition) is 2. The summed E-state index contributed by atoms with van der Waals surface area (Å²) in [5.41, 5.74) is -0.596. The maximum atomic E-state index is 14.7. The molecule has 0 radical (unpaired) electrons. The number of rotatable bonds is 4. The lowest BCUT2D eigenvalue weighted by Crippen LogP contribution is -2.30. The van der Waals surface area contributed by atoms with Crippen LogP contribution in [0.2, 0.25) is 0 Å². The lowest BCUT2D eigenvalue weighted by molar-refractivity contribution is 0.121. The Hall–Kier alpha value is -2.85. The highest BCUT2D eigenvalue weighted by Crippen LogP contribution is 2.39. The second kappa shape index (κ2) is 6.34. The van der Waals surface area contributed by atoms with Gasteiger partial charge in [0.25, 0.3) is 0 Å². The van der Waals surface area contributed by atoms with Crippen molar-refractivity contribution >= 4 is 0 Å². The summed E-state index contributed by atoms with van der Waals surface area (Å²) in [7, 11) is 1.46. The molecule has 0 aliphatic carbocycles. The number of aromatic hydroxyl groups is 1. The number of benzene rings is 3. The van der Waals surface area contributed by atoms with Crippen molar-refractivity contribution < 1.29 is 19.3 Å². The fraction of sp³-hybridized carbons (Fsp3) is 0.100. The molecule has 0 spiro atoms. The third kappa shape index (κ3) is 2.72. The first kappa shape index (κ1) is 16.0. The molecule has 4 heteroatoms. The topological polar surface area (TPSA) is 49.7 Å². The molecule has 0 heterocycles. The van der Waals surface area contributed by atoms with E-state index in [9.17, 15) is 14.6 Å². The van der Waals surface area contributed by atoms with Gasteiger partial charge in [0, 0.05) is 11.6 Å². The Balaban J connectivity index is 2.25. The van der Waals surface area contributed by atoms with E-state index in [2.05, 4.69) is 0 Å². The van der Waals surface area contributed by atoms with Crippen molar-refractivity contribution in [2.24, 2.45) is 0 Å². The molecule has 0 saturated heterocycles. The van der Waals surface area contributed by atoms with E-state index in [0.29, 0.717) is 16.9 Å². The molecule has 3 aromatic carbocycles. The van der Waals surface area contributed by atoms with Crippen LogP contribution in [0.1, 0.15) is 16.7 Å². The molecule has 3 nitrogen and oxygen atoms in total.